The summed E-state index contributed by atoms with van der Waals surface area (Å²) in [7, 11) is 0. The summed E-state index contributed by atoms with van der Waals surface area (Å²) in [5.74, 6) is 0.0496. The van der Waals surface area contributed by atoms with Gasteiger partial charge in [0.2, 0.25) is 5.91 Å². The molecule has 4 heterocycles. The average Bonchev–Trinajstić information content (AvgIpc) is 3.42. The molecular weight excluding hydrogens is 342 g/mol. The van der Waals surface area contributed by atoms with Gasteiger partial charge in [-0.3, -0.25) is 19.2 Å². The number of nitrogens with zero attached hydrogens (tertiary/aromatic N) is 4. The molecule has 1 N–H and O–H groups in total. The molecule has 1 aromatic carbocycles. The Morgan fingerprint density at radius 3 is 3.15 bits per heavy atom. The molecule has 2 aliphatic heterocycles. The molecule has 27 heavy (non-hydrogen) atoms. The first-order chi connectivity index (χ1) is 13.3. The van der Waals surface area contributed by atoms with Gasteiger partial charge in [0.1, 0.15) is 0 Å². The van der Waals surface area contributed by atoms with Crippen LogP contribution in [0.15, 0.2) is 42.7 Å². The fraction of sp³-hybridized carbons (Fsp3) is 0.400. The monoisotopic (exact) mass is 365 g/mol. The fourth-order valence-corrected chi connectivity index (χ4v) is 4.21. The average molecular weight is 365 g/mol. The van der Waals surface area contributed by atoms with Gasteiger partial charge in [-0.1, -0.05) is 12.1 Å². The van der Waals surface area contributed by atoms with Crippen LogP contribution in [0, 0.1) is 0 Å². The second kappa shape index (κ2) is 6.83. The van der Waals surface area contributed by atoms with Crippen molar-refractivity contribution in [3.63, 3.8) is 0 Å². The Balaban J connectivity index is 1.36. The molecule has 1 atom stereocenters. The number of rotatable bonds is 4. The largest absolute Gasteiger partial charge is 0.361 e. The molecule has 0 bridgehead atoms. The lowest BCUT2D eigenvalue weighted by molar-refractivity contribution is -0.170. The number of carbonyl (C=O) groups excluding carboxylic acids is 1. The van der Waals surface area contributed by atoms with Gasteiger partial charge in [0, 0.05) is 42.9 Å². The lowest BCUT2D eigenvalue weighted by Crippen LogP contribution is -2.40. The molecule has 7 nitrogen and oxygen atoms in total. The zero-order chi connectivity index (χ0) is 18.2. The summed E-state index contributed by atoms with van der Waals surface area (Å²) in [4.78, 5) is 23.7. The summed E-state index contributed by atoms with van der Waals surface area (Å²) in [6.07, 6.45) is 5.14. The third kappa shape index (κ3) is 3.13. The first-order valence-electron chi connectivity index (χ1n) is 9.51. The Morgan fingerprint density at radius 1 is 1.30 bits per heavy atom. The van der Waals surface area contributed by atoms with E-state index in [4.69, 9.17) is 4.84 Å². The van der Waals surface area contributed by atoms with E-state index >= 15 is 0 Å². The van der Waals surface area contributed by atoms with Gasteiger partial charge in [0.05, 0.1) is 31.3 Å². The van der Waals surface area contributed by atoms with Gasteiger partial charge in [-0.15, -0.1) is 0 Å². The van der Waals surface area contributed by atoms with Crippen LogP contribution in [0.2, 0.25) is 0 Å². The Bertz CT molecular complexity index is 956. The van der Waals surface area contributed by atoms with E-state index in [1.54, 1.807) is 0 Å². The van der Waals surface area contributed by atoms with Crippen molar-refractivity contribution in [3.8, 4) is 0 Å². The SMILES string of the molecule is O=C(CC1CN(Cc2cccc3[nH]ccc23)Cc2ccnn21)N1CCCO1. The smallest absolute Gasteiger partial charge is 0.248 e. The number of benzene rings is 1. The number of aromatic nitrogens is 3. The van der Waals surface area contributed by atoms with Crippen LogP contribution in [-0.4, -0.2) is 50.3 Å². The van der Waals surface area contributed by atoms with Crippen molar-refractivity contribution in [2.24, 2.45) is 0 Å². The molecule has 7 heteroatoms. The van der Waals surface area contributed by atoms with Crippen LogP contribution in [0.25, 0.3) is 10.9 Å². The quantitative estimate of drug-likeness (QED) is 0.771. The van der Waals surface area contributed by atoms with Crippen LogP contribution >= 0.6 is 0 Å². The third-order valence-electron chi connectivity index (χ3n) is 5.47. The number of hydrogen-bond acceptors (Lipinski definition) is 4. The maximum Gasteiger partial charge on any atom is 0.248 e. The molecule has 0 spiro atoms. The van der Waals surface area contributed by atoms with Crippen molar-refractivity contribution in [2.45, 2.75) is 32.0 Å². The Hall–Kier alpha value is -2.64. The number of hydrogen-bond donors (Lipinski definition) is 1. The molecule has 5 rings (SSSR count). The molecule has 0 radical (unpaired) electrons. The molecule has 3 aromatic rings. The zero-order valence-electron chi connectivity index (χ0n) is 15.2. The number of hydroxylamine groups is 2. The highest BCUT2D eigenvalue weighted by atomic mass is 16.7. The minimum Gasteiger partial charge on any atom is -0.361 e. The number of H-pyrrole nitrogens is 1. The maximum absolute atomic E-state index is 12.6. The van der Waals surface area contributed by atoms with Gasteiger partial charge >= 0.3 is 0 Å². The summed E-state index contributed by atoms with van der Waals surface area (Å²) in [6.45, 7) is 3.82. The summed E-state index contributed by atoms with van der Waals surface area (Å²) in [5.41, 5.74) is 3.62. The number of carbonyl (C=O) groups is 1. The molecular formula is C20H23N5O2. The molecule has 1 unspecified atom stereocenters. The highest BCUT2D eigenvalue weighted by molar-refractivity contribution is 5.82. The Kier molecular flexibility index (Phi) is 4.18. The number of nitrogens with one attached hydrogen (secondary N) is 1. The molecule has 1 fully saturated rings. The summed E-state index contributed by atoms with van der Waals surface area (Å²) in [6, 6.07) is 10.6. The maximum atomic E-state index is 12.6. The second-order valence-corrected chi connectivity index (χ2v) is 7.33. The van der Waals surface area contributed by atoms with E-state index in [0.29, 0.717) is 19.6 Å². The van der Waals surface area contributed by atoms with Gasteiger partial charge in [0.15, 0.2) is 0 Å². The van der Waals surface area contributed by atoms with Crippen molar-refractivity contribution in [1.29, 1.82) is 0 Å². The van der Waals surface area contributed by atoms with E-state index in [0.717, 1.165) is 37.3 Å². The Labute approximate surface area is 157 Å². The van der Waals surface area contributed by atoms with E-state index in [9.17, 15) is 4.79 Å². The molecule has 2 aromatic heterocycles. The molecule has 0 saturated carbocycles. The number of fused-ring (bicyclic) bond motifs is 2. The van der Waals surface area contributed by atoms with Gasteiger partial charge in [-0.25, -0.2) is 5.06 Å². The molecule has 140 valence electrons. The van der Waals surface area contributed by atoms with Crippen molar-refractivity contribution in [2.75, 3.05) is 19.7 Å². The van der Waals surface area contributed by atoms with Crippen LogP contribution < -0.4 is 0 Å². The van der Waals surface area contributed by atoms with Crippen LogP contribution in [0.5, 0.6) is 0 Å². The van der Waals surface area contributed by atoms with Crippen molar-refractivity contribution < 1.29 is 9.63 Å². The van der Waals surface area contributed by atoms with Crippen LogP contribution in [0.1, 0.15) is 30.1 Å². The van der Waals surface area contributed by atoms with E-state index in [1.807, 2.05) is 23.1 Å². The number of amides is 1. The standard InChI is InChI=1S/C20H23N5O2/c26-20(24-9-2-10-27-24)11-17-14-23(13-16-5-8-22-25(16)17)12-15-3-1-4-19-18(15)6-7-21-19/h1,3-8,17,21H,2,9-14H2. The zero-order valence-corrected chi connectivity index (χ0v) is 15.2. The minimum atomic E-state index is 0.0332. The van der Waals surface area contributed by atoms with Gasteiger partial charge in [-0.2, -0.15) is 5.10 Å². The first kappa shape index (κ1) is 16.5. The normalized spacial score (nSPS) is 20.3. The van der Waals surface area contributed by atoms with Crippen LogP contribution in [0.4, 0.5) is 0 Å². The van der Waals surface area contributed by atoms with E-state index in [2.05, 4.69) is 39.2 Å². The topological polar surface area (TPSA) is 66.4 Å². The van der Waals surface area contributed by atoms with Crippen LogP contribution in [-0.2, 0) is 22.7 Å². The highest BCUT2D eigenvalue weighted by Crippen LogP contribution is 2.27. The lowest BCUT2D eigenvalue weighted by atomic mass is 10.1. The summed E-state index contributed by atoms with van der Waals surface area (Å²) in [5, 5.41) is 7.25. The van der Waals surface area contributed by atoms with Crippen molar-refractivity contribution in [1.82, 2.24) is 24.7 Å². The third-order valence-corrected chi connectivity index (χ3v) is 5.47. The predicted molar refractivity (Wildman–Crippen MR) is 101 cm³/mol. The summed E-state index contributed by atoms with van der Waals surface area (Å²) < 4.78 is 2.02. The first-order valence-corrected chi connectivity index (χ1v) is 9.51. The van der Waals surface area contributed by atoms with Crippen molar-refractivity contribution in [3.05, 3.63) is 54.0 Å². The lowest BCUT2D eigenvalue weighted by Gasteiger charge is -2.34. The van der Waals surface area contributed by atoms with Gasteiger partial charge in [-0.05, 0) is 30.2 Å². The van der Waals surface area contributed by atoms with Gasteiger partial charge in [0.25, 0.3) is 0 Å². The van der Waals surface area contributed by atoms with Crippen LogP contribution in [0.3, 0.4) is 0 Å². The molecule has 1 amide bonds. The fourth-order valence-electron chi connectivity index (χ4n) is 4.21. The van der Waals surface area contributed by atoms with Gasteiger partial charge < -0.3 is 4.98 Å². The predicted octanol–water partition coefficient (Wildman–Crippen LogP) is 2.48. The summed E-state index contributed by atoms with van der Waals surface area (Å²) >= 11 is 0. The molecule has 2 aliphatic rings. The van der Waals surface area contributed by atoms with E-state index < -0.39 is 0 Å². The van der Waals surface area contributed by atoms with E-state index in [-0.39, 0.29) is 11.9 Å². The molecule has 0 aliphatic carbocycles. The molecule has 1 saturated heterocycles. The second-order valence-electron chi connectivity index (χ2n) is 7.33. The Morgan fingerprint density at radius 2 is 2.26 bits per heavy atom. The van der Waals surface area contributed by atoms with Crippen molar-refractivity contribution >= 4 is 16.8 Å². The van der Waals surface area contributed by atoms with E-state index in [1.165, 1.54) is 16.0 Å². The minimum absolute atomic E-state index is 0.0332. The number of aromatic amines is 1. The highest BCUT2D eigenvalue weighted by Gasteiger charge is 2.30.